The van der Waals surface area contributed by atoms with Crippen molar-refractivity contribution in [2.45, 2.75) is 82.8 Å². The van der Waals surface area contributed by atoms with E-state index >= 15 is 0 Å². The van der Waals surface area contributed by atoms with Crippen molar-refractivity contribution in [2.24, 2.45) is 17.6 Å². The van der Waals surface area contributed by atoms with Crippen molar-refractivity contribution >= 4 is 0 Å². The van der Waals surface area contributed by atoms with Crippen LogP contribution in [0.25, 0.3) is 0 Å². The molecule has 0 aliphatic heterocycles. The van der Waals surface area contributed by atoms with E-state index in [1.54, 1.807) is 0 Å². The summed E-state index contributed by atoms with van der Waals surface area (Å²) in [6.07, 6.45) is 13.1. The minimum atomic E-state index is 0.00195. The van der Waals surface area contributed by atoms with Gasteiger partial charge in [-0.05, 0) is 37.5 Å². The van der Waals surface area contributed by atoms with Gasteiger partial charge in [-0.3, -0.25) is 0 Å². The van der Waals surface area contributed by atoms with Crippen molar-refractivity contribution in [2.75, 3.05) is 7.11 Å². The van der Waals surface area contributed by atoms with Crippen LogP contribution in [-0.2, 0) is 4.74 Å². The van der Waals surface area contributed by atoms with E-state index in [0.717, 1.165) is 5.92 Å². The monoisotopic (exact) mass is 253 g/mol. The average molecular weight is 253 g/mol. The molecule has 2 saturated carbocycles. The molecule has 18 heavy (non-hydrogen) atoms. The van der Waals surface area contributed by atoms with E-state index in [0.29, 0.717) is 5.92 Å². The Hall–Kier alpha value is -0.0800. The van der Waals surface area contributed by atoms with Gasteiger partial charge in [0.05, 0.1) is 5.60 Å². The van der Waals surface area contributed by atoms with Crippen molar-refractivity contribution in [1.82, 2.24) is 0 Å². The third kappa shape index (κ3) is 2.91. The first-order valence-corrected chi connectivity index (χ1v) is 8.02. The number of hydrogen-bond acceptors (Lipinski definition) is 2. The fourth-order valence-electron chi connectivity index (χ4n) is 4.21. The summed E-state index contributed by atoms with van der Waals surface area (Å²) in [7, 11) is 1.88. The highest BCUT2D eigenvalue weighted by molar-refractivity contribution is 4.97. The lowest BCUT2D eigenvalue weighted by Gasteiger charge is -2.45. The summed E-state index contributed by atoms with van der Waals surface area (Å²) in [6, 6.07) is 0.264. The summed E-state index contributed by atoms with van der Waals surface area (Å²) < 4.78 is 5.92. The molecule has 0 aromatic rings. The summed E-state index contributed by atoms with van der Waals surface area (Å²) in [5.41, 5.74) is 6.63. The van der Waals surface area contributed by atoms with E-state index < -0.39 is 0 Å². The largest absolute Gasteiger partial charge is 0.377 e. The van der Waals surface area contributed by atoms with E-state index in [1.165, 1.54) is 64.2 Å². The zero-order valence-corrected chi connectivity index (χ0v) is 12.3. The van der Waals surface area contributed by atoms with Crippen molar-refractivity contribution in [3.05, 3.63) is 0 Å². The topological polar surface area (TPSA) is 35.2 Å². The van der Waals surface area contributed by atoms with Gasteiger partial charge in [0.25, 0.3) is 0 Å². The lowest BCUT2D eigenvalue weighted by Crippen LogP contribution is -2.55. The molecule has 0 aromatic carbocycles. The smallest absolute Gasteiger partial charge is 0.0831 e. The maximum Gasteiger partial charge on any atom is 0.0831 e. The van der Waals surface area contributed by atoms with Crippen molar-refractivity contribution in [3.8, 4) is 0 Å². The molecule has 0 amide bonds. The first kappa shape index (κ1) is 14.3. The normalized spacial score (nSPS) is 34.2. The van der Waals surface area contributed by atoms with Gasteiger partial charge in [-0.25, -0.2) is 0 Å². The van der Waals surface area contributed by atoms with Crippen LogP contribution in [-0.4, -0.2) is 18.8 Å². The molecule has 0 saturated heterocycles. The summed E-state index contributed by atoms with van der Waals surface area (Å²) >= 11 is 0. The molecule has 0 heterocycles. The molecule has 2 aliphatic rings. The minimum absolute atomic E-state index is 0.00195. The molecule has 2 rings (SSSR count). The number of methoxy groups -OCH3 is 1. The Morgan fingerprint density at radius 1 is 1.11 bits per heavy atom. The SMILES string of the molecule is CCC1CCC(C(N)C2(OC)CCCCC2)CC1. The van der Waals surface area contributed by atoms with Gasteiger partial charge in [0.2, 0.25) is 0 Å². The van der Waals surface area contributed by atoms with Crippen LogP contribution in [0.4, 0.5) is 0 Å². The Morgan fingerprint density at radius 2 is 1.72 bits per heavy atom. The quantitative estimate of drug-likeness (QED) is 0.825. The van der Waals surface area contributed by atoms with Gasteiger partial charge in [0.1, 0.15) is 0 Å². The molecule has 0 bridgehead atoms. The third-order valence-corrected chi connectivity index (χ3v) is 5.69. The summed E-state index contributed by atoms with van der Waals surface area (Å²) in [5.74, 6) is 1.66. The van der Waals surface area contributed by atoms with Crippen LogP contribution >= 0.6 is 0 Å². The van der Waals surface area contributed by atoms with E-state index in [1.807, 2.05) is 7.11 Å². The molecule has 1 unspecified atom stereocenters. The van der Waals surface area contributed by atoms with E-state index in [2.05, 4.69) is 6.92 Å². The molecule has 2 fully saturated rings. The average Bonchev–Trinajstić information content (AvgIpc) is 2.47. The van der Waals surface area contributed by atoms with Crippen molar-refractivity contribution in [3.63, 3.8) is 0 Å². The maximum atomic E-state index is 6.63. The number of rotatable bonds is 4. The molecule has 0 spiro atoms. The Labute approximate surface area is 113 Å². The Kier molecular flexibility index (Phi) is 5.08. The second-order valence-corrected chi connectivity index (χ2v) is 6.54. The molecule has 2 heteroatoms. The summed E-state index contributed by atoms with van der Waals surface area (Å²) in [5, 5.41) is 0. The fourth-order valence-corrected chi connectivity index (χ4v) is 4.21. The first-order chi connectivity index (χ1) is 8.72. The van der Waals surface area contributed by atoms with Crippen LogP contribution in [0.1, 0.15) is 71.1 Å². The van der Waals surface area contributed by atoms with Gasteiger partial charge in [-0.15, -0.1) is 0 Å². The van der Waals surface area contributed by atoms with Crippen LogP contribution in [0.3, 0.4) is 0 Å². The van der Waals surface area contributed by atoms with Gasteiger partial charge in [-0.1, -0.05) is 45.4 Å². The van der Waals surface area contributed by atoms with Crippen LogP contribution in [0.2, 0.25) is 0 Å². The summed E-state index contributed by atoms with van der Waals surface area (Å²) in [4.78, 5) is 0. The predicted octanol–water partition coefficient (Wildman–Crippen LogP) is 3.88. The van der Waals surface area contributed by atoms with E-state index in [4.69, 9.17) is 10.5 Å². The lowest BCUT2D eigenvalue weighted by atomic mass is 9.69. The van der Waals surface area contributed by atoms with Gasteiger partial charge in [-0.2, -0.15) is 0 Å². The standard InChI is InChI=1S/C16H31NO/c1-3-13-7-9-14(10-8-13)15(17)16(18-2)11-5-4-6-12-16/h13-15H,3-12,17H2,1-2H3. The molecule has 2 N–H and O–H groups in total. The zero-order chi connectivity index (χ0) is 13.0. The maximum absolute atomic E-state index is 6.63. The molecule has 2 nitrogen and oxygen atoms in total. The Morgan fingerprint density at radius 3 is 2.22 bits per heavy atom. The molecule has 1 atom stereocenters. The molecule has 2 aliphatic carbocycles. The minimum Gasteiger partial charge on any atom is -0.377 e. The number of hydrogen-bond donors (Lipinski definition) is 1. The predicted molar refractivity (Wildman–Crippen MR) is 76.5 cm³/mol. The second-order valence-electron chi connectivity index (χ2n) is 6.54. The highest BCUT2D eigenvalue weighted by atomic mass is 16.5. The van der Waals surface area contributed by atoms with Crippen LogP contribution in [0, 0.1) is 11.8 Å². The van der Waals surface area contributed by atoms with Gasteiger partial charge < -0.3 is 10.5 Å². The van der Waals surface area contributed by atoms with Gasteiger partial charge in [0.15, 0.2) is 0 Å². The third-order valence-electron chi connectivity index (χ3n) is 5.69. The highest BCUT2D eigenvalue weighted by Gasteiger charge is 2.42. The van der Waals surface area contributed by atoms with Crippen molar-refractivity contribution in [1.29, 1.82) is 0 Å². The van der Waals surface area contributed by atoms with Crippen LogP contribution < -0.4 is 5.73 Å². The highest BCUT2D eigenvalue weighted by Crippen LogP contribution is 2.41. The molecule has 106 valence electrons. The zero-order valence-electron chi connectivity index (χ0n) is 12.3. The molecular formula is C16H31NO. The van der Waals surface area contributed by atoms with E-state index in [9.17, 15) is 0 Å². The van der Waals surface area contributed by atoms with E-state index in [-0.39, 0.29) is 11.6 Å². The second kappa shape index (κ2) is 6.38. The summed E-state index contributed by atoms with van der Waals surface area (Å²) in [6.45, 7) is 2.32. The Bertz CT molecular complexity index is 239. The number of ether oxygens (including phenoxy) is 1. The first-order valence-electron chi connectivity index (χ1n) is 8.02. The van der Waals surface area contributed by atoms with Crippen LogP contribution in [0.15, 0.2) is 0 Å². The fraction of sp³-hybridized carbons (Fsp3) is 1.00. The molecular weight excluding hydrogens is 222 g/mol. The van der Waals surface area contributed by atoms with Gasteiger partial charge >= 0.3 is 0 Å². The lowest BCUT2D eigenvalue weighted by molar-refractivity contribution is -0.0761. The van der Waals surface area contributed by atoms with Crippen molar-refractivity contribution < 1.29 is 4.74 Å². The number of nitrogens with two attached hydrogens (primary N) is 1. The van der Waals surface area contributed by atoms with Gasteiger partial charge in [0, 0.05) is 13.2 Å². The van der Waals surface area contributed by atoms with Crippen LogP contribution in [0.5, 0.6) is 0 Å². The Balaban J connectivity index is 1.94. The molecule has 0 radical (unpaired) electrons. The molecule has 0 aromatic heterocycles.